The Morgan fingerprint density at radius 1 is 1.11 bits per heavy atom. The van der Waals surface area contributed by atoms with Gasteiger partial charge in [0.05, 0.1) is 11.4 Å². The predicted octanol–water partition coefficient (Wildman–Crippen LogP) is 4.65. The van der Waals surface area contributed by atoms with Gasteiger partial charge in [-0.05, 0) is 57.5 Å². The number of carbonyl (C=O) groups excluding carboxylic acids is 1. The summed E-state index contributed by atoms with van der Waals surface area (Å²) in [5.74, 6) is -0.430. The SMILES string of the molecule is Cc1ccc(NC(=O)/C(C#N)=C\c2c(C)nn(-c3ccccc3)c2C)c(C)c1. The second-order valence-corrected chi connectivity index (χ2v) is 6.77. The summed E-state index contributed by atoms with van der Waals surface area (Å²) < 4.78 is 1.82. The van der Waals surface area contributed by atoms with Crippen LogP contribution >= 0.6 is 0 Å². The van der Waals surface area contributed by atoms with E-state index in [1.807, 2.05) is 87.0 Å². The van der Waals surface area contributed by atoms with Gasteiger partial charge >= 0.3 is 0 Å². The number of para-hydroxylation sites is 1. The highest BCUT2D eigenvalue weighted by Crippen LogP contribution is 2.22. The maximum atomic E-state index is 12.7. The van der Waals surface area contributed by atoms with Gasteiger partial charge in [-0.3, -0.25) is 4.79 Å². The van der Waals surface area contributed by atoms with E-state index in [-0.39, 0.29) is 5.57 Å². The summed E-state index contributed by atoms with van der Waals surface area (Å²) >= 11 is 0. The van der Waals surface area contributed by atoms with Crippen LogP contribution in [-0.4, -0.2) is 15.7 Å². The van der Waals surface area contributed by atoms with Gasteiger partial charge in [-0.2, -0.15) is 10.4 Å². The molecule has 0 spiro atoms. The molecule has 140 valence electrons. The fourth-order valence-corrected chi connectivity index (χ4v) is 3.12. The van der Waals surface area contributed by atoms with Crippen molar-refractivity contribution in [1.29, 1.82) is 5.26 Å². The lowest BCUT2D eigenvalue weighted by molar-refractivity contribution is -0.112. The minimum absolute atomic E-state index is 0.0405. The third kappa shape index (κ3) is 3.86. The third-order valence-corrected chi connectivity index (χ3v) is 4.63. The highest BCUT2D eigenvalue weighted by Gasteiger charge is 2.16. The molecule has 0 fully saturated rings. The molecule has 0 saturated heterocycles. The maximum absolute atomic E-state index is 12.7. The number of amides is 1. The van der Waals surface area contributed by atoms with Crippen LogP contribution in [0.5, 0.6) is 0 Å². The number of nitrogens with zero attached hydrogens (tertiary/aromatic N) is 3. The van der Waals surface area contributed by atoms with Crippen LogP contribution in [0.3, 0.4) is 0 Å². The maximum Gasteiger partial charge on any atom is 0.266 e. The van der Waals surface area contributed by atoms with Crippen LogP contribution in [0.4, 0.5) is 5.69 Å². The molecule has 1 amide bonds. The first-order valence-corrected chi connectivity index (χ1v) is 9.02. The molecule has 0 atom stereocenters. The number of anilines is 1. The molecular weight excluding hydrogens is 348 g/mol. The fourth-order valence-electron chi connectivity index (χ4n) is 3.12. The van der Waals surface area contributed by atoms with E-state index in [9.17, 15) is 10.1 Å². The predicted molar refractivity (Wildman–Crippen MR) is 111 cm³/mol. The summed E-state index contributed by atoms with van der Waals surface area (Å²) in [6.45, 7) is 7.72. The van der Waals surface area contributed by atoms with Crippen molar-refractivity contribution in [1.82, 2.24) is 9.78 Å². The van der Waals surface area contributed by atoms with Crippen LogP contribution < -0.4 is 5.32 Å². The second-order valence-electron chi connectivity index (χ2n) is 6.77. The van der Waals surface area contributed by atoms with Crippen LogP contribution in [0, 0.1) is 39.0 Å². The molecule has 28 heavy (non-hydrogen) atoms. The third-order valence-electron chi connectivity index (χ3n) is 4.63. The molecule has 3 rings (SSSR count). The number of carbonyl (C=O) groups is 1. The van der Waals surface area contributed by atoms with Gasteiger partial charge in [0.1, 0.15) is 11.6 Å². The number of rotatable bonds is 4. The fraction of sp³-hybridized carbons (Fsp3) is 0.174. The topological polar surface area (TPSA) is 70.7 Å². The molecule has 0 radical (unpaired) electrons. The van der Waals surface area contributed by atoms with Crippen LogP contribution in [0.15, 0.2) is 54.1 Å². The first kappa shape index (κ1) is 19.1. The Labute approximate surface area is 164 Å². The molecule has 5 nitrogen and oxygen atoms in total. The molecule has 0 saturated carbocycles. The average Bonchev–Trinajstić information content (AvgIpc) is 2.96. The van der Waals surface area contributed by atoms with E-state index in [0.717, 1.165) is 33.8 Å². The van der Waals surface area contributed by atoms with E-state index in [4.69, 9.17) is 0 Å². The number of hydrogen-bond donors (Lipinski definition) is 1. The Hall–Kier alpha value is -3.65. The van der Waals surface area contributed by atoms with E-state index >= 15 is 0 Å². The molecule has 5 heteroatoms. The van der Waals surface area contributed by atoms with Crippen molar-refractivity contribution in [2.75, 3.05) is 5.32 Å². The van der Waals surface area contributed by atoms with Crippen LogP contribution in [0.25, 0.3) is 11.8 Å². The van der Waals surface area contributed by atoms with Crippen LogP contribution in [0.2, 0.25) is 0 Å². The zero-order valence-corrected chi connectivity index (χ0v) is 16.4. The van der Waals surface area contributed by atoms with Crippen LogP contribution in [-0.2, 0) is 4.79 Å². The van der Waals surface area contributed by atoms with E-state index in [1.54, 1.807) is 6.08 Å². The summed E-state index contributed by atoms with van der Waals surface area (Å²) in [5.41, 5.74) is 6.14. The zero-order chi connectivity index (χ0) is 20.3. The van der Waals surface area contributed by atoms with Gasteiger partial charge in [0.2, 0.25) is 0 Å². The lowest BCUT2D eigenvalue weighted by Crippen LogP contribution is -2.14. The Morgan fingerprint density at radius 2 is 1.82 bits per heavy atom. The van der Waals surface area contributed by atoms with Crippen molar-refractivity contribution in [2.24, 2.45) is 0 Å². The molecule has 1 aromatic heterocycles. The molecule has 0 aliphatic carbocycles. The summed E-state index contributed by atoms with van der Waals surface area (Å²) in [6, 6.07) is 17.5. The van der Waals surface area contributed by atoms with Gasteiger partial charge in [-0.1, -0.05) is 35.9 Å². The first-order chi connectivity index (χ1) is 13.4. The monoisotopic (exact) mass is 370 g/mol. The Balaban J connectivity index is 1.94. The van der Waals surface area contributed by atoms with Crippen molar-refractivity contribution in [3.63, 3.8) is 0 Å². The zero-order valence-electron chi connectivity index (χ0n) is 16.4. The first-order valence-electron chi connectivity index (χ1n) is 9.02. The van der Waals surface area contributed by atoms with Gasteiger partial charge < -0.3 is 5.32 Å². The number of benzene rings is 2. The minimum atomic E-state index is -0.430. The standard InChI is InChI=1S/C23H22N4O/c1-15-10-11-22(16(2)12-15)25-23(28)19(14-24)13-21-17(3)26-27(18(21)4)20-8-6-5-7-9-20/h5-13H,1-4H3,(H,25,28)/b19-13-. The molecule has 0 aliphatic rings. The molecule has 0 bridgehead atoms. The van der Waals surface area contributed by atoms with E-state index in [0.29, 0.717) is 5.69 Å². The highest BCUT2D eigenvalue weighted by molar-refractivity contribution is 6.10. The summed E-state index contributed by atoms with van der Waals surface area (Å²) in [5, 5.41) is 16.9. The summed E-state index contributed by atoms with van der Waals surface area (Å²) in [4.78, 5) is 12.7. The van der Waals surface area contributed by atoms with Gasteiger partial charge in [-0.15, -0.1) is 0 Å². The van der Waals surface area contributed by atoms with E-state index in [1.165, 1.54) is 0 Å². The Morgan fingerprint density at radius 3 is 2.46 bits per heavy atom. The normalized spacial score (nSPS) is 11.2. The van der Waals surface area contributed by atoms with Gasteiger partial charge in [0, 0.05) is 16.9 Å². The van der Waals surface area contributed by atoms with Crippen molar-refractivity contribution < 1.29 is 4.79 Å². The number of nitriles is 1. The van der Waals surface area contributed by atoms with E-state index < -0.39 is 5.91 Å². The molecule has 2 aromatic carbocycles. The van der Waals surface area contributed by atoms with Gasteiger partial charge in [0.25, 0.3) is 5.91 Å². The Kier molecular flexibility index (Phi) is 5.42. The minimum Gasteiger partial charge on any atom is -0.321 e. The number of aryl methyl sites for hydroxylation is 3. The van der Waals surface area contributed by atoms with Crippen LogP contribution in [0.1, 0.15) is 28.1 Å². The van der Waals surface area contributed by atoms with Crippen molar-refractivity contribution >= 4 is 17.7 Å². The number of nitrogens with one attached hydrogen (secondary N) is 1. The summed E-state index contributed by atoms with van der Waals surface area (Å²) in [7, 11) is 0. The molecule has 3 aromatic rings. The van der Waals surface area contributed by atoms with Crippen molar-refractivity contribution in [3.05, 3.63) is 82.2 Å². The molecule has 0 unspecified atom stereocenters. The van der Waals surface area contributed by atoms with Gasteiger partial charge in [0.15, 0.2) is 0 Å². The molecule has 1 N–H and O–H groups in total. The number of hydrogen-bond acceptors (Lipinski definition) is 3. The molecule has 0 aliphatic heterocycles. The van der Waals surface area contributed by atoms with Crippen molar-refractivity contribution in [3.8, 4) is 11.8 Å². The van der Waals surface area contributed by atoms with E-state index in [2.05, 4.69) is 10.4 Å². The number of aromatic nitrogens is 2. The summed E-state index contributed by atoms with van der Waals surface area (Å²) in [6.07, 6.45) is 1.61. The highest BCUT2D eigenvalue weighted by atomic mass is 16.1. The van der Waals surface area contributed by atoms with Gasteiger partial charge in [-0.25, -0.2) is 4.68 Å². The second kappa shape index (κ2) is 7.93. The molecule has 1 heterocycles. The Bertz CT molecular complexity index is 1100. The lowest BCUT2D eigenvalue weighted by atomic mass is 10.1. The lowest BCUT2D eigenvalue weighted by Gasteiger charge is -2.08. The van der Waals surface area contributed by atoms with Crippen molar-refractivity contribution in [2.45, 2.75) is 27.7 Å². The quantitative estimate of drug-likeness (QED) is 0.537. The average molecular weight is 370 g/mol. The molecular formula is C23H22N4O. The largest absolute Gasteiger partial charge is 0.321 e. The smallest absolute Gasteiger partial charge is 0.266 e.